The normalized spacial score (nSPS) is 20.1. The zero-order chi connectivity index (χ0) is 48.5. The minimum Gasteiger partial charge on any atom is -0.481 e. The van der Waals surface area contributed by atoms with E-state index in [9.17, 15) is 26.4 Å². The van der Waals surface area contributed by atoms with E-state index in [2.05, 4.69) is 54.1 Å². The average Bonchev–Trinajstić information content (AvgIpc) is 4.12. The van der Waals surface area contributed by atoms with Crippen molar-refractivity contribution in [3.05, 3.63) is 108 Å². The lowest BCUT2D eigenvalue weighted by Gasteiger charge is -2.15. The molecule has 21 heteroatoms. The highest BCUT2D eigenvalue weighted by Crippen LogP contribution is 2.39. The van der Waals surface area contributed by atoms with Crippen LogP contribution in [0.4, 0.5) is 11.6 Å². The number of hydrogen-bond donors (Lipinski definition) is 5. The van der Waals surface area contributed by atoms with Gasteiger partial charge in [-0.2, -0.15) is 5.26 Å². The molecule has 2 fully saturated rings. The number of carboxylic acid groups (broad SMARTS) is 1. The molecule has 19 nitrogen and oxygen atoms in total. The van der Waals surface area contributed by atoms with Crippen molar-refractivity contribution in [3.8, 4) is 6.07 Å². The van der Waals surface area contributed by atoms with Gasteiger partial charge in [-0.3, -0.25) is 20.4 Å². The molecule has 1 amide bonds. The van der Waals surface area contributed by atoms with Crippen LogP contribution in [0.2, 0.25) is 0 Å². The number of hydrazine groups is 2. The van der Waals surface area contributed by atoms with Gasteiger partial charge in [-0.1, -0.05) is 49.2 Å². The fraction of sp³-hybridized carbons (Fsp3) is 0.391. The smallest absolute Gasteiger partial charge is 0.306 e. The van der Waals surface area contributed by atoms with Gasteiger partial charge in [0.25, 0.3) is 20.0 Å². The van der Waals surface area contributed by atoms with Crippen molar-refractivity contribution in [2.24, 2.45) is 41.4 Å². The zero-order valence-corrected chi connectivity index (χ0v) is 39.2. The number of nitrogen functional groups attached to an aromatic ring is 1. The summed E-state index contributed by atoms with van der Waals surface area (Å²) in [6.45, 7) is 15.3. The number of nitrogens with zero attached hydrogens (tertiary/aromatic N) is 8. The second kappa shape index (κ2) is 21.6. The van der Waals surface area contributed by atoms with Crippen LogP contribution in [0.3, 0.4) is 0 Å². The third kappa shape index (κ3) is 11.7. The van der Waals surface area contributed by atoms with E-state index in [0.717, 1.165) is 57.6 Å². The largest absolute Gasteiger partial charge is 0.481 e. The van der Waals surface area contributed by atoms with Crippen LogP contribution in [0.1, 0.15) is 69.9 Å². The van der Waals surface area contributed by atoms with E-state index < -0.39 is 26.0 Å². The van der Waals surface area contributed by atoms with E-state index in [-0.39, 0.29) is 50.7 Å². The number of anilines is 2. The number of nitriles is 1. The van der Waals surface area contributed by atoms with Crippen molar-refractivity contribution in [2.75, 3.05) is 17.4 Å². The quantitative estimate of drug-likeness (QED) is 0.0458. The molecule has 0 radical (unpaired) electrons. The maximum Gasteiger partial charge on any atom is 0.306 e. The maximum atomic E-state index is 13.0. The van der Waals surface area contributed by atoms with E-state index in [4.69, 9.17) is 22.8 Å². The van der Waals surface area contributed by atoms with Crippen LogP contribution in [0.5, 0.6) is 0 Å². The number of carbonyl (C=O) groups is 2. The SMILES string of the molecule is CC1CC(CCC#N)CC1C(=O)O.Cc1ccc(S(=O)(=O)n2ccc3nc(NN)cnc32)cc1.[C-]#[N+]CCC1CC(C)C(C(=O)NNc2cnc3c(ccn3S(=O)(=O)c3ccc(C)cc3)n2)C1. The fourth-order valence-electron chi connectivity index (χ4n) is 8.61. The summed E-state index contributed by atoms with van der Waals surface area (Å²) in [7, 11) is -7.50. The topological polar surface area (TPSA) is 274 Å². The summed E-state index contributed by atoms with van der Waals surface area (Å²) in [6.07, 6.45) is 11.3. The number of aryl methyl sites for hydroxylation is 2. The zero-order valence-electron chi connectivity index (χ0n) is 37.6. The third-order valence-electron chi connectivity index (χ3n) is 12.3. The molecule has 352 valence electrons. The second-order valence-electron chi connectivity index (χ2n) is 17.1. The van der Waals surface area contributed by atoms with Gasteiger partial charge in [-0.05, 0) is 106 Å². The van der Waals surface area contributed by atoms with Gasteiger partial charge in [0, 0.05) is 31.2 Å². The Bertz CT molecular complexity index is 3020. The molecule has 2 saturated carbocycles. The Hall–Kier alpha value is -6.94. The van der Waals surface area contributed by atoms with Crippen LogP contribution >= 0.6 is 0 Å². The van der Waals surface area contributed by atoms with Crippen LogP contribution in [0.25, 0.3) is 27.2 Å². The molecule has 2 aliphatic carbocycles. The monoisotopic (exact) mass is 950 g/mol. The molecule has 8 rings (SSSR count). The molecule has 6 unspecified atom stereocenters. The molecule has 2 aromatic carbocycles. The van der Waals surface area contributed by atoms with E-state index in [0.29, 0.717) is 47.5 Å². The first-order chi connectivity index (χ1) is 32.0. The summed E-state index contributed by atoms with van der Waals surface area (Å²) >= 11 is 0. The predicted molar refractivity (Wildman–Crippen MR) is 251 cm³/mol. The number of fused-ring (bicyclic) bond motifs is 2. The van der Waals surface area contributed by atoms with Crippen molar-refractivity contribution in [3.63, 3.8) is 0 Å². The molecule has 0 aliphatic heterocycles. The van der Waals surface area contributed by atoms with Gasteiger partial charge < -0.3 is 15.4 Å². The Kier molecular flexibility index (Phi) is 15.9. The molecule has 2 aliphatic rings. The summed E-state index contributed by atoms with van der Waals surface area (Å²) < 4.78 is 53.5. The molecule has 67 heavy (non-hydrogen) atoms. The Morgan fingerprint density at radius 1 is 0.776 bits per heavy atom. The molecule has 6 atom stereocenters. The molecule has 4 aromatic heterocycles. The predicted octanol–water partition coefficient (Wildman–Crippen LogP) is 6.69. The summed E-state index contributed by atoms with van der Waals surface area (Å²) in [5, 5.41) is 17.3. The minimum atomic E-state index is -3.80. The Balaban J connectivity index is 0.000000185. The molecule has 6 N–H and O–H groups in total. The molecule has 4 heterocycles. The molecule has 0 bridgehead atoms. The van der Waals surface area contributed by atoms with Crippen molar-refractivity contribution >= 4 is 65.9 Å². The summed E-state index contributed by atoms with van der Waals surface area (Å²) in [4.78, 5) is 44.1. The van der Waals surface area contributed by atoms with Crippen LogP contribution in [-0.2, 0) is 29.6 Å². The number of aromatic nitrogens is 6. The molecule has 6 aromatic rings. The fourth-order valence-corrected chi connectivity index (χ4v) is 11.2. The van der Waals surface area contributed by atoms with Crippen molar-refractivity contribution in [1.29, 1.82) is 5.26 Å². The third-order valence-corrected chi connectivity index (χ3v) is 15.6. The van der Waals surface area contributed by atoms with Gasteiger partial charge in [0.15, 0.2) is 22.9 Å². The average molecular weight is 951 g/mol. The number of hydrogen-bond acceptors (Lipinski definition) is 14. The van der Waals surface area contributed by atoms with Gasteiger partial charge in [-0.25, -0.2) is 57.1 Å². The highest BCUT2D eigenvalue weighted by atomic mass is 32.2. The van der Waals surface area contributed by atoms with Crippen LogP contribution in [0, 0.1) is 67.3 Å². The number of carboxylic acids is 1. The number of nitrogens with two attached hydrogens (primary N) is 1. The van der Waals surface area contributed by atoms with Gasteiger partial charge in [-0.15, -0.1) is 0 Å². The number of amides is 1. The lowest BCUT2D eigenvalue weighted by Crippen LogP contribution is -2.36. The summed E-state index contributed by atoms with van der Waals surface area (Å²) in [5.41, 5.74) is 11.1. The number of benzene rings is 2. The first-order valence-corrected chi connectivity index (χ1v) is 24.6. The molecule has 0 saturated heterocycles. The standard InChI is InChI=1S/C23H26N6O3S.C13H13N5O2S.C10H15NO2/c1-15-4-6-18(7-5-15)33(31,32)29-11-9-20-22(29)25-14-21(26-20)27-28-23(30)19-13-17(8-10-24-3)12-16(19)2;1-9-2-4-10(5-3-9)21(19,20)18-7-6-11-13(18)15-8-12(16-11)17-14;1-7-5-8(3-2-4-11)6-9(7)10(12)13/h4-7,9,11,14,16-17,19H,8,10,12-13H2,1-2H3,(H,26,27)(H,28,30);2-8H,14H2,1H3,(H,16,17);7-9H,2-3,5-6H2,1H3,(H,12,13). The molecular formula is C46H54N12O7S2. The number of rotatable bonds is 13. The number of nitrogens with one attached hydrogen (secondary N) is 3. The maximum absolute atomic E-state index is 13.0. The number of carbonyl (C=O) groups excluding carboxylic acids is 1. The lowest BCUT2D eigenvalue weighted by atomic mass is 9.98. The van der Waals surface area contributed by atoms with Crippen LogP contribution in [-0.4, -0.2) is 68.2 Å². The van der Waals surface area contributed by atoms with Crippen LogP contribution < -0.4 is 22.1 Å². The second-order valence-corrected chi connectivity index (χ2v) is 20.7. The molecular weight excluding hydrogens is 897 g/mol. The van der Waals surface area contributed by atoms with Gasteiger partial charge in [0.1, 0.15) is 11.0 Å². The van der Waals surface area contributed by atoms with Gasteiger partial charge in [0.05, 0.1) is 34.2 Å². The van der Waals surface area contributed by atoms with E-state index in [1.54, 1.807) is 60.7 Å². The Morgan fingerprint density at radius 3 is 1.73 bits per heavy atom. The lowest BCUT2D eigenvalue weighted by molar-refractivity contribution is -0.142. The Labute approximate surface area is 389 Å². The summed E-state index contributed by atoms with van der Waals surface area (Å²) in [6, 6.07) is 18.5. The van der Waals surface area contributed by atoms with E-state index in [1.807, 2.05) is 20.8 Å². The highest BCUT2D eigenvalue weighted by molar-refractivity contribution is 7.90. The highest BCUT2D eigenvalue weighted by Gasteiger charge is 2.37. The van der Waals surface area contributed by atoms with E-state index in [1.165, 1.54) is 24.8 Å². The van der Waals surface area contributed by atoms with Crippen molar-refractivity contribution < 1.29 is 31.5 Å². The Morgan fingerprint density at radius 2 is 1.25 bits per heavy atom. The van der Waals surface area contributed by atoms with Gasteiger partial charge >= 0.3 is 5.97 Å². The van der Waals surface area contributed by atoms with Crippen LogP contribution in [0.15, 0.2) is 95.2 Å². The van der Waals surface area contributed by atoms with Gasteiger partial charge in [0.2, 0.25) is 12.5 Å². The first kappa shape index (κ1) is 49.5. The first-order valence-electron chi connectivity index (χ1n) is 21.7. The minimum absolute atomic E-state index is 0.116. The summed E-state index contributed by atoms with van der Waals surface area (Å²) in [5.74, 6) is 6.24. The van der Waals surface area contributed by atoms with Crippen molar-refractivity contribution in [2.45, 2.75) is 82.4 Å². The molecule has 0 spiro atoms. The number of aliphatic carboxylic acids is 1. The van der Waals surface area contributed by atoms with E-state index >= 15 is 0 Å². The van der Waals surface area contributed by atoms with Crippen molar-refractivity contribution in [1.82, 2.24) is 33.3 Å².